The van der Waals surface area contributed by atoms with Crippen molar-refractivity contribution in [2.24, 2.45) is 23.7 Å². The van der Waals surface area contributed by atoms with Crippen LogP contribution < -0.4 is 0 Å². The first-order valence-electron chi connectivity index (χ1n) is 24.0. The molecule has 2 aromatic carbocycles. The van der Waals surface area contributed by atoms with Crippen LogP contribution in [-0.2, 0) is 35.3 Å². The summed E-state index contributed by atoms with van der Waals surface area (Å²) >= 11 is 20.4. The van der Waals surface area contributed by atoms with E-state index in [4.69, 9.17) is 33.2 Å². The van der Waals surface area contributed by atoms with E-state index in [0.717, 1.165) is 108 Å². The van der Waals surface area contributed by atoms with Crippen molar-refractivity contribution in [3.63, 3.8) is 0 Å². The number of aliphatic hydroxyl groups is 4. The van der Waals surface area contributed by atoms with Gasteiger partial charge in [0.25, 0.3) is 0 Å². The summed E-state index contributed by atoms with van der Waals surface area (Å²) in [4.78, 5) is 39.9. The number of carbonyl (C=O) groups excluding carboxylic acids is 2. The van der Waals surface area contributed by atoms with Crippen molar-refractivity contribution in [3.8, 4) is 0 Å². The maximum atomic E-state index is 13.1. The summed E-state index contributed by atoms with van der Waals surface area (Å²) in [6.45, 7) is 2.88. The number of aliphatic hydroxyl groups excluding tert-OH is 4. The van der Waals surface area contributed by atoms with Crippen LogP contribution >= 0.6 is 55.1 Å². The first-order valence-corrected chi connectivity index (χ1v) is 26.3. The van der Waals surface area contributed by atoms with E-state index in [1.807, 2.05) is 46.5 Å². The van der Waals surface area contributed by atoms with Gasteiger partial charge >= 0.3 is 0 Å². The Bertz CT molecular complexity index is 2260. The molecule has 4 N–H and O–H groups in total. The second-order valence-electron chi connectivity index (χ2n) is 19.6. The molecule has 0 spiro atoms. The zero-order valence-electron chi connectivity index (χ0n) is 38.3. The summed E-state index contributed by atoms with van der Waals surface area (Å²) in [6.07, 6.45) is 11.3. The Morgan fingerprint density at radius 2 is 0.897 bits per heavy atom. The summed E-state index contributed by atoms with van der Waals surface area (Å²) in [5, 5.41) is 41.1. The average molecular weight is 1520 g/mol. The van der Waals surface area contributed by atoms with Gasteiger partial charge in [0.15, 0.2) is 0 Å². The molecule has 2 amide bonds. The fourth-order valence-electron chi connectivity index (χ4n) is 12.1. The molecule has 6 unspecified atom stereocenters. The monoisotopic (exact) mass is 1520 g/mol. The molecule has 358 valence electrons. The number of amides is 2. The van der Waals surface area contributed by atoms with E-state index in [9.17, 15) is 30.0 Å². The minimum Gasteiger partial charge on any atom is -0.390 e. The minimum atomic E-state index is -0.792. The van der Waals surface area contributed by atoms with E-state index in [1.54, 1.807) is 0 Å². The third-order valence-corrected chi connectivity index (χ3v) is 17.4. The molecule has 16 heteroatoms. The number of aromatic nitrogens is 2. The molecule has 2 saturated carbocycles. The Labute approximate surface area is 498 Å². The van der Waals surface area contributed by atoms with Gasteiger partial charge in [-0.2, -0.15) is 0 Å². The molecule has 10 rings (SSSR count). The first kappa shape index (κ1) is 55.7. The molecule has 6 aliphatic rings. The van der Waals surface area contributed by atoms with Gasteiger partial charge in [-0.25, -0.2) is 0 Å². The SMILES string of the molecule is O=C(C1CCC(O)C(O)C1)N1CCC([C@H]2c3ncccc3CCc3cc(Cl)cc(Br)c32)CC1.O=C(C1CCC(O)C(O)C1)N1CCC([C@H]2c3ncccc3CCc3cc(Cl)cc(Br)c32)CC1.[Ac].[Ac]. The number of halogens is 4. The fourth-order valence-corrected chi connectivity index (χ4v) is 14.4. The number of piperidine rings is 2. The van der Waals surface area contributed by atoms with Gasteiger partial charge in [0, 0.05) is 169 Å². The molecule has 2 aliphatic heterocycles. The quantitative estimate of drug-likeness (QED) is 0.159. The van der Waals surface area contributed by atoms with Crippen LogP contribution in [0.3, 0.4) is 0 Å². The van der Waals surface area contributed by atoms with Crippen molar-refractivity contribution in [2.45, 2.75) is 126 Å². The number of aryl methyl sites for hydroxylation is 4. The largest absolute Gasteiger partial charge is 0.390 e. The number of benzene rings is 2. The molecule has 4 aromatic rings. The van der Waals surface area contributed by atoms with E-state index in [2.05, 4.69) is 56.1 Å². The smallest absolute Gasteiger partial charge is 0.225 e. The van der Waals surface area contributed by atoms with Gasteiger partial charge in [-0.1, -0.05) is 67.2 Å². The molecule has 0 bridgehead atoms. The van der Waals surface area contributed by atoms with Gasteiger partial charge in [-0.3, -0.25) is 19.6 Å². The maximum absolute atomic E-state index is 13.1. The van der Waals surface area contributed by atoms with Crippen molar-refractivity contribution in [1.82, 2.24) is 19.8 Å². The molecule has 4 heterocycles. The van der Waals surface area contributed by atoms with Gasteiger partial charge in [-0.15, -0.1) is 0 Å². The van der Waals surface area contributed by atoms with Crippen molar-refractivity contribution in [2.75, 3.05) is 26.2 Å². The van der Waals surface area contributed by atoms with Crippen LogP contribution in [0.2, 0.25) is 10.0 Å². The zero-order chi connectivity index (χ0) is 46.2. The number of nitrogens with zero attached hydrogens (tertiary/aromatic N) is 4. The first-order chi connectivity index (χ1) is 31.8. The Balaban J connectivity index is 0.000000196. The normalized spacial score (nSPS) is 27.2. The molecule has 68 heavy (non-hydrogen) atoms. The van der Waals surface area contributed by atoms with Crippen molar-refractivity contribution in [1.29, 1.82) is 0 Å². The second-order valence-corrected chi connectivity index (χ2v) is 22.2. The molecule has 4 fully saturated rings. The van der Waals surface area contributed by atoms with Crippen LogP contribution in [0, 0.1) is 112 Å². The standard InChI is InChI=1S/2C26H30BrClN2O3.2Ac/c2*27-20-14-19(28)12-17-4-3-16-2-1-9-29-25(16)24(23(17)20)15-7-10-30(11-8-15)26(33)18-5-6-21(31)22(32)13-18;;/h2*1-2,9,12,14-15,18,21-22,24,31-32H,3-8,10-11,13H2;;/t2*18?,21?,22?,24-;;/m11../s1. The van der Waals surface area contributed by atoms with Gasteiger partial charge in [0.2, 0.25) is 11.8 Å². The summed E-state index contributed by atoms with van der Waals surface area (Å²) in [7, 11) is 0. The molecule has 8 atom stereocenters. The van der Waals surface area contributed by atoms with E-state index in [1.165, 1.54) is 33.4 Å². The number of likely N-dealkylation sites (tertiary alicyclic amines) is 2. The molecule has 2 radical (unpaired) electrons. The Morgan fingerprint density at radius 3 is 1.26 bits per heavy atom. The van der Waals surface area contributed by atoms with Gasteiger partial charge < -0.3 is 30.2 Å². The number of rotatable bonds is 4. The zero-order valence-corrected chi connectivity index (χ0v) is 52.5. The van der Waals surface area contributed by atoms with Gasteiger partial charge in [-0.05, 0) is 172 Å². The maximum Gasteiger partial charge on any atom is 0.225 e. The molecule has 2 saturated heterocycles. The van der Waals surface area contributed by atoms with Crippen LogP contribution in [0.5, 0.6) is 0 Å². The molecule has 2 aromatic heterocycles. The van der Waals surface area contributed by atoms with Crippen molar-refractivity contribution < 1.29 is 118 Å². The van der Waals surface area contributed by atoms with E-state index in [-0.39, 0.29) is 124 Å². The number of pyridine rings is 2. The summed E-state index contributed by atoms with van der Waals surface area (Å²) in [5.41, 5.74) is 10.1. The fraction of sp³-hybridized carbons (Fsp3) is 0.538. The summed E-state index contributed by atoms with van der Waals surface area (Å²) in [6, 6.07) is 16.6. The Kier molecular flexibility index (Phi) is 20.5. The van der Waals surface area contributed by atoms with Crippen LogP contribution in [0.4, 0.5) is 0 Å². The Morgan fingerprint density at radius 1 is 0.529 bits per heavy atom. The molecular weight excluding hydrogens is 1460 g/mol. The predicted molar refractivity (Wildman–Crippen MR) is 263 cm³/mol. The third kappa shape index (κ3) is 12.4. The van der Waals surface area contributed by atoms with Crippen LogP contribution in [0.1, 0.15) is 121 Å². The van der Waals surface area contributed by atoms with Gasteiger partial charge in [0.1, 0.15) is 0 Å². The second kappa shape index (κ2) is 25.0. The average Bonchev–Trinajstić information content (AvgIpc) is 3.59. The third-order valence-electron chi connectivity index (χ3n) is 15.7. The van der Waals surface area contributed by atoms with Gasteiger partial charge in [0.05, 0.1) is 35.8 Å². The number of hydrogen-bond acceptors (Lipinski definition) is 8. The summed E-state index contributed by atoms with van der Waals surface area (Å²) in [5.74, 6) is 1.02. The van der Waals surface area contributed by atoms with E-state index < -0.39 is 24.4 Å². The topological polar surface area (TPSA) is 147 Å². The van der Waals surface area contributed by atoms with Crippen LogP contribution in [0.25, 0.3) is 0 Å². The summed E-state index contributed by atoms with van der Waals surface area (Å²) < 4.78 is 2.09. The Hall–Kier alpha value is -0.0569. The van der Waals surface area contributed by atoms with Crippen LogP contribution in [0.15, 0.2) is 69.9 Å². The van der Waals surface area contributed by atoms with Crippen molar-refractivity contribution in [3.05, 3.63) is 125 Å². The van der Waals surface area contributed by atoms with Crippen molar-refractivity contribution >= 4 is 66.9 Å². The minimum absolute atomic E-state index is 0. The van der Waals surface area contributed by atoms with E-state index in [0.29, 0.717) is 50.4 Å². The number of hydrogen-bond donors (Lipinski definition) is 4. The number of carbonyl (C=O) groups is 2. The predicted octanol–water partition coefficient (Wildman–Crippen LogP) is 8.98. The molecule has 10 nitrogen and oxygen atoms in total. The molecular formula is C52H60Ac2Br2Cl2N4O6. The van der Waals surface area contributed by atoms with Crippen LogP contribution in [-0.4, -0.2) is 103 Å². The number of fused-ring (bicyclic) bond motifs is 4. The van der Waals surface area contributed by atoms with E-state index >= 15 is 0 Å². The molecule has 4 aliphatic carbocycles.